The van der Waals surface area contributed by atoms with Gasteiger partial charge in [0, 0.05) is 18.8 Å². The van der Waals surface area contributed by atoms with Crippen molar-refractivity contribution in [2.45, 2.75) is 31.8 Å². The first-order valence-electron chi connectivity index (χ1n) is 6.94. The second-order valence-corrected chi connectivity index (χ2v) is 5.59. The van der Waals surface area contributed by atoms with Gasteiger partial charge in [0.25, 0.3) is 0 Å². The van der Waals surface area contributed by atoms with E-state index >= 15 is 0 Å². The van der Waals surface area contributed by atoms with E-state index in [1.54, 1.807) is 12.1 Å². The van der Waals surface area contributed by atoms with Crippen molar-refractivity contribution < 1.29 is 4.79 Å². The molecule has 1 aliphatic rings. The van der Waals surface area contributed by atoms with E-state index in [4.69, 9.17) is 11.6 Å². The molecule has 118 valence electrons. The molecule has 2 atom stereocenters. The third-order valence-corrected chi connectivity index (χ3v) is 3.99. The van der Waals surface area contributed by atoms with Gasteiger partial charge in [0.15, 0.2) is 0 Å². The largest absolute Gasteiger partial charge is 0.316 e. The molecule has 7 heteroatoms. The van der Waals surface area contributed by atoms with Gasteiger partial charge in [0.05, 0.1) is 11.1 Å². The number of nitrogens with zero attached hydrogens (tertiary/aromatic N) is 2. The Morgan fingerprint density at radius 1 is 1.52 bits per heavy atom. The number of hydrogen-bond donors (Lipinski definition) is 2. The van der Waals surface area contributed by atoms with Crippen LogP contribution < -0.4 is 10.6 Å². The van der Waals surface area contributed by atoms with Crippen LogP contribution in [0.1, 0.15) is 19.8 Å². The highest BCUT2D eigenvalue weighted by Crippen LogP contribution is 2.15. The minimum Gasteiger partial charge on any atom is -0.316 e. The van der Waals surface area contributed by atoms with Crippen LogP contribution in [0.4, 0.5) is 5.82 Å². The van der Waals surface area contributed by atoms with Gasteiger partial charge in [0.1, 0.15) is 5.82 Å². The lowest BCUT2D eigenvalue weighted by atomic mass is 10.0. The van der Waals surface area contributed by atoms with Crippen molar-refractivity contribution in [1.29, 1.82) is 0 Å². The predicted octanol–water partition coefficient (Wildman–Crippen LogP) is 2.17. The first-order valence-corrected chi connectivity index (χ1v) is 7.31. The van der Waals surface area contributed by atoms with Gasteiger partial charge >= 0.3 is 0 Å². The standard InChI is InChI=1S/C14H21ClN4O.ClH/c1-10(19-7-3-4-12(9-19)16-2)14(20)18-13-6-5-11(15)8-17-13;/h5-6,8,10,12,16H,3-4,7,9H2,1-2H3,(H,17,18,20);1H. The molecule has 0 saturated carbocycles. The number of pyridine rings is 1. The zero-order valence-corrected chi connectivity index (χ0v) is 13.9. The quantitative estimate of drug-likeness (QED) is 0.887. The lowest BCUT2D eigenvalue weighted by Gasteiger charge is -2.35. The summed E-state index contributed by atoms with van der Waals surface area (Å²) in [4.78, 5) is 18.5. The van der Waals surface area contributed by atoms with Crippen LogP contribution >= 0.6 is 24.0 Å². The zero-order chi connectivity index (χ0) is 14.5. The van der Waals surface area contributed by atoms with Gasteiger partial charge in [-0.15, -0.1) is 12.4 Å². The molecule has 0 radical (unpaired) electrons. The van der Waals surface area contributed by atoms with Gasteiger partial charge in [0.2, 0.25) is 5.91 Å². The van der Waals surface area contributed by atoms with Crippen molar-refractivity contribution in [3.05, 3.63) is 23.4 Å². The Labute approximate surface area is 136 Å². The average molecular weight is 333 g/mol. The van der Waals surface area contributed by atoms with E-state index in [0.29, 0.717) is 16.9 Å². The molecule has 1 amide bonds. The molecular formula is C14H22Cl2N4O. The molecule has 1 aromatic rings. The summed E-state index contributed by atoms with van der Waals surface area (Å²) < 4.78 is 0. The maximum Gasteiger partial charge on any atom is 0.242 e. The van der Waals surface area contributed by atoms with E-state index < -0.39 is 0 Å². The van der Waals surface area contributed by atoms with Gasteiger partial charge in [-0.1, -0.05) is 11.6 Å². The molecular weight excluding hydrogens is 311 g/mol. The zero-order valence-electron chi connectivity index (χ0n) is 12.3. The van der Waals surface area contributed by atoms with Gasteiger partial charge in [-0.05, 0) is 45.5 Å². The van der Waals surface area contributed by atoms with Crippen molar-refractivity contribution in [1.82, 2.24) is 15.2 Å². The van der Waals surface area contributed by atoms with Crippen LogP contribution in [0.15, 0.2) is 18.3 Å². The molecule has 2 rings (SSSR count). The molecule has 21 heavy (non-hydrogen) atoms. The smallest absolute Gasteiger partial charge is 0.242 e. The number of rotatable bonds is 4. The molecule has 0 aromatic carbocycles. The number of carbonyl (C=O) groups excluding carboxylic acids is 1. The minimum atomic E-state index is -0.163. The summed E-state index contributed by atoms with van der Waals surface area (Å²) in [6, 6.07) is 3.73. The molecule has 1 fully saturated rings. The summed E-state index contributed by atoms with van der Waals surface area (Å²) in [5.74, 6) is 0.505. The van der Waals surface area contributed by atoms with E-state index in [1.807, 2.05) is 14.0 Å². The SMILES string of the molecule is CNC1CCCN(C(C)C(=O)Nc2ccc(Cl)cn2)C1.Cl. The molecule has 2 N–H and O–H groups in total. The molecule has 5 nitrogen and oxygen atoms in total. The second kappa shape index (κ2) is 8.54. The number of halogens is 2. The van der Waals surface area contributed by atoms with Gasteiger partial charge in [-0.2, -0.15) is 0 Å². The number of likely N-dealkylation sites (N-methyl/N-ethyl adjacent to an activating group) is 1. The van der Waals surface area contributed by atoms with E-state index in [1.165, 1.54) is 12.6 Å². The molecule has 1 saturated heterocycles. The van der Waals surface area contributed by atoms with Crippen molar-refractivity contribution in [3.63, 3.8) is 0 Å². The van der Waals surface area contributed by atoms with Crippen LogP contribution in [-0.2, 0) is 4.79 Å². The van der Waals surface area contributed by atoms with Gasteiger partial charge in [-0.25, -0.2) is 4.98 Å². The summed E-state index contributed by atoms with van der Waals surface area (Å²) in [7, 11) is 1.97. The fourth-order valence-electron chi connectivity index (χ4n) is 2.44. The van der Waals surface area contributed by atoms with E-state index in [-0.39, 0.29) is 24.4 Å². The summed E-state index contributed by atoms with van der Waals surface area (Å²) in [6.45, 7) is 3.79. The average Bonchev–Trinajstić information content (AvgIpc) is 2.48. The molecule has 2 unspecified atom stereocenters. The van der Waals surface area contributed by atoms with Crippen LogP contribution in [0.2, 0.25) is 5.02 Å². The van der Waals surface area contributed by atoms with E-state index in [9.17, 15) is 4.79 Å². The monoisotopic (exact) mass is 332 g/mol. The topological polar surface area (TPSA) is 57.3 Å². The highest BCUT2D eigenvalue weighted by atomic mass is 35.5. The Morgan fingerprint density at radius 3 is 2.90 bits per heavy atom. The fraction of sp³-hybridized carbons (Fsp3) is 0.571. The molecule has 0 spiro atoms. The summed E-state index contributed by atoms with van der Waals surface area (Å²) in [5.41, 5.74) is 0. The van der Waals surface area contributed by atoms with Crippen LogP contribution in [-0.4, -0.2) is 48.0 Å². The van der Waals surface area contributed by atoms with Crippen LogP contribution in [0.5, 0.6) is 0 Å². The minimum absolute atomic E-state index is 0. The van der Waals surface area contributed by atoms with Crippen LogP contribution in [0, 0.1) is 0 Å². The van der Waals surface area contributed by atoms with E-state index in [0.717, 1.165) is 19.5 Å². The maximum absolute atomic E-state index is 12.2. The van der Waals surface area contributed by atoms with E-state index in [2.05, 4.69) is 20.5 Å². The predicted molar refractivity (Wildman–Crippen MR) is 88.2 cm³/mol. The van der Waals surface area contributed by atoms with Crippen molar-refractivity contribution in [2.75, 3.05) is 25.5 Å². The number of amides is 1. The summed E-state index contributed by atoms with van der Waals surface area (Å²) in [6.07, 6.45) is 3.81. The molecule has 0 bridgehead atoms. The fourth-order valence-corrected chi connectivity index (χ4v) is 2.55. The molecule has 1 aromatic heterocycles. The van der Waals surface area contributed by atoms with Crippen molar-refractivity contribution in [2.24, 2.45) is 0 Å². The third kappa shape index (κ3) is 5.11. The number of anilines is 1. The first-order chi connectivity index (χ1) is 9.60. The highest BCUT2D eigenvalue weighted by molar-refractivity contribution is 6.30. The number of likely N-dealkylation sites (tertiary alicyclic amines) is 1. The number of carbonyl (C=O) groups is 1. The molecule has 1 aliphatic heterocycles. The first kappa shape index (κ1) is 18.2. The number of aromatic nitrogens is 1. The number of piperidine rings is 1. The normalized spacial score (nSPS) is 20.4. The van der Waals surface area contributed by atoms with Gasteiger partial charge in [-0.3, -0.25) is 9.69 Å². The van der Waals surface area contributed by atoms with Gasteiger partial charge < -0.3 is 10.6 Å². The Balaban J connectivity index is 0.00000220. The number of nitrogens with one attached hydrogen (secondary N) is 2. The Bertz CT molecular complexity index is 455. The Morgan fingerprint density at radius 2 is 2.29 bits per heavy atom. The third-order valence-electron chi connectivity index (χ3n) is 3.77. The second-order valence-electron chi connectivity index (χ2n) is 5.15. The lowest BCUT2D eigenvalue weighted by molar-refractivity contribution is -0.121. The van der Waals surface area contributed by atoms with Crippen LogP contribution in [0.3, 0.4) is 0 Å². The van der Waals surface area contributed by atoms with Crippen LogP contribution in [0.25, 0.3) is 0 Å². The Kier molecular flexibility index (Phi) is 7.39. The summed E-state index contributed by atoms with van der Waals surface area (Å²) in [5, 5.41) is 6.67. The van der Waals surface area contributed by atoms with Crippen molar-refractivity contribution in [3.8, 4) is 0 Å². The summed E-state index contributed by atoms with van der Waals surface area (Å²) >= 11 is 5.77. The van der Waals surface area contributed by atoms with Crippen molar-refractivity contribution >= 4 is 35.7 Å². The maximum atomic E-state index is 12.2. The highest BCUT2D eigenvalue weighted by Gasteiger charge is 2.26. The molecule has 2 heterocycles. The lowest BCUT2D eigenvalue weighted by Crippen LogP contribution is -2.51. The molecule has 0 aliphatic carbocycles. The number of hydrogen-bond acceptors (Lipinski definition) is 4. The Hall–Kier alpha value is -0.880.